The van der Waals surface area contributed by atoms with Crippen molar-refractivity contribution >= 4 is 34.6 Å². The molecule has 0 aliphatic carbocycles. The maximum Gasteiger partial charge on any atom is 0.255 e. The van der Waals surface area contributed by atoms with Crippen LogP contribution < -0.4 is 16.0 Å². The molecule has 0 spiro atoms. The molecule has 0 unspecified atom stereocenters. The molecule has 6 heteroatoms. The second kappa shape index (κ2) is 9.09. The number of carbonyl (C=O) groups excluding carboxylic acids is 1. The molecule has 3 aromatic carbocycles. The van der Waals surface area contributed by atoms with Crippen LogP contribution in [0, 0.1) is 13.8 Å². The molecule has 0 atom stereocenters. The minimum atomic E-state index is -0.169. The first-order valence-corrected chi connectivity index (χ1v) is 9.98. The van der Waals surface area contributed by atoms with Gasteiger partial charge >= 0.3 is 0 Å². The van der Waals surface area contributed by atoms with E-state index in [1.165, 1.54) is 0 Å². The highest BCUT2D eigenvalue weighted by Crippen LogP contribution is 2.20. The Morgan fingerprint density at radius 2 is 1.16 bits per heavy atom. The summed E-state index contributed by atoms with van der Waals surface area (Å²) in [5, 5.41) is 9.41. The highest BCUT2D eigenvalue weighted by molar-refractivity contribution is 6.04. The van der Waals surface area contributed by atoms with E-state index in [4.69, 9.17) is 0 Å². The standard InChI is InChI=1S/C25H23N5O/c1-17-16-18(2)27-25(26-17)30-23-10-8-19(9-11-23)24(31)29-22-14-12-21(13-15-22)28-20-6-4-3-5-7-20/h3-16,28H,1-2H3,(H,29,31)(H,26,27,30). The fourth-order valence-electron chi connectivity index (χ4n) is 3.14. The third-order valence-electron chi connectivity index (χ3n) is 4.59. The Balaban J connectivity index is 1.37. The molecule has 6 nitrogen and oxygen atoms in total. The van der Waals surface area contributed by atoms with Gasteiger partial charge in [-0.3, -0.25) is 4.79 Å². The molecular weight excluding hydrogens is 386 g/mol. The van der Waals surface area contributed by atoms with E-state index in [9.17, 15) is 4.79 Å². The first-order valence-electron chi connectivity index (χ1n) is 9.98. The van der Waals surface area contributed by atoms with Crippen LogP contribution in [0.25, 0.3) is 0 Å². The zero-order valence-electron chi connectivity index (χ0n) is 17.4. The van der Waals surface area contributed by atoms with Crippen molar-refractivity contribution in [3.05, 3.63) is 102 Å². The first kappa shape index (κ1) is 20.1. The highest BCUT2D eigenvalue weighted by atomic mass is 16.1. The second-order valence-corrected chi connectivity index (χ2v) is 7.20. The van der Waals surface area contributed by atoms with E-state index in [1.807, 2.05) is 86.6 Å². The van der Waals surface area contributed by atoms with Crippen LogP contribution in [-0.4, -0.2) is 15.9 Å². The summed E-state index contributed by atoms with van der Waals surface area (Å²) in [5.74, 6) is 0.372. The van der Waals surface area contributed by atoms with Crippen LogP contribution >= 0.6 is 0 Å². The van der Waals surface area contributed by atoms with Crippen LogP contribution in [0.3, 0.4) is 0 Å². The molecule has 0 aliphatic heterocycles. The summed E-state index contributed by atoms with van der Waals surface area (Å²) in [4.78, 5) is 21.3. The average Bonchev–Trinajstić information content (AvgIpc) is 2.76. The van der Waals surface area contributed by atoms with Crippen molar-refractivity contribution in [2.45, 2.75) is 13.8 Å². The van der Waals surface area contributed by atoms with E-state index in [1.54, 1.807) is 12.1 Å². The van der Waals surface area contributed by atoms with Crippen molar-refractivity contribution in [3.63, 3.8) is 0 Å². The number of hydrogen-bond donors (Lipinski definition) is 3. The monoisotopic (exact) mass is 409 g/mol. The van der Waals surface area contributed by atoms with Crippen LogP contribution in [0.15, 0.2) is 84.9 Å². The molecule has 1 aromatic heterocycles. The second-order valence-electron chi connectivity index (χ2n) is 7.20. The maximum atomic E-state index is 12.6. The smallest absolute Gasteiger partial charge is 0.255 e. The van der Waals surface area contributed by atoms with E-state index in [2.05, 4.69) is 25.9 Å². The van der Waals surface area contributed by atoms with Gasteiger partial charge in [0.15, 0.2) is 0 Å². The summed E-state index contributed by atoms with van der Waals surface area (Å²) in [6.45, 7) is 3.86. The molecular formula is C25H23N5O. The summed E-state index contributed by atoms with van der Waals surface area (Å²) in [7, 11) is 0. The van der Waals surface area contributed by atoms with Crippen molar-refractivity contribution in [3.8, 4) is 0 Å². The van der Waals surface area contributed by atoms with Gasteiger partial charge in [-0.1, -0.05) is 18.2 Å². The predicted molar refractivity (Wildman–Crippen MR) is 125 cm³/mol. The van der Waals surface area contributed by atoms with Gasteiger partial charge in [-0.05, 0) is 80.6 Å². The van der Waals surface area contributed by atoms with Crippen LogP contribution in [0.5, 0.6) is 0 Å². The van der Waals surface area contributed by atoms with Gasteiger partial charge in [0.2, 0.25) is 5.95 Å². The van der Waals surface area contributed by atoms with Gasteiger partial charge in [0.1, 0.15) is 0 Å². The fraction of sp³-hybridized carbons (Fsp3) is 0.0800. The zero-order valence-corrected chi connectivity index (χ0v) is 17.4. The SMILES string of the molecule is Cc1cc(C)nc(Nc2ccc(C(=O)Nc3ccc(Nc4ccccc4)cc3)cc2)n1. The van der Waals surface area contributed by atoms with Crippen LogP contribution in [0.2, 0.25) is 0 Å². The van der Waals surface area contributed by atoms with Crippen molar-refractivity contribution in [2.24, 2.45) is 0 Å². The molecule has 0 saturated carbocycles. The quantitative estimate of drug-likeness (QED) is 0.373. The molecule has 0 saturated heterocycles. The number of carbonyl (C=O) groups is 1. The lowest BCUT2D eigenvalue weighted by Crippen LogP contribution is -2.11. The first-order chi connectivity index (χ1) is 15.0. The van der Waals surface area contributed by atoms with E-state index in [0.29, 0.717) is 11.5 Å². The van der Waals surface area contributed by atoms with Crippen LogP contribution in [0.1, 0.15) is 21.7 Å². The Morgan fingerprint density at radius 1 is 0.645 bits per heavy atom. The van der Waals surface area contributed by atoms with Gasteiger partial charge in [0, 0.05) is 39.7 Å². The van der Waals surface area contributed by atoms with Gasteiger partial charge < -0.3 is 16.0 Å². The Kier molecular flexibility index (Phi) is 5.89. The Morgan fingerprint density at radius 3 is 1.81 bits per heavy atom. The Hall–Kier alpha value is -4.19. The van der Waals surface area contributed by atoms with E-state index in [0.717, 1.165) is 34.1 Å². The number of benzene rings is 3. The lowest BCUT2D eigenvalue weighted by atomic mass is 10.2. The topological polar surface area (TPSA) is 78.9 Å². The van der Waals surface area contributed by atoms with Crippen LogP contribution in [0.4, 0.5) is 28.7 Å². The largest absolute Gasteiger partial charge is 0.356 e. The number of aromatic nitrogens is 2. The molecule has 3 N–H and O–H groups in total. The number of aryl methyl sites for hydroxylation is 2. The third kappa shape index (κ3) is 5.45. The molecule has 0 fully saturated rings. The normalized spacial score (nSPS) is 10.4. The number of para-hydroxylation sites is 1. The van der Waals surface area contributed by atoms with Gasteiger partial charge in [-0.25, -0.2) is 9.97 Å². The molecule has 4 aromatic rings. The van der Waals surface area contributed by atoms with Crippen LogP contribution in [-0.2, 0) is 0 Å². The molecule has 154 valence electrons. The summed E-state index contributed by atoms with van der Waals surface area (Å²) in [5.41, 5.74) is 5.88. The molecule has 31 heavy (non-hydrogen) atoms. The maximum absolute atomic E-state index is 12.6. The number of nitrogens with one attached hydrogen (secondary N) is 3. The Bertz CT molecular complexity index is 1150. The lowest BCUT2D eigenvalue weighted by molar-refractivity contribution is 0.102. The van der Waals surface area contributed by atoms with Crippen molar-refractivity contribution in [1.82, 2.24) is 9.97 Å². The molecule has 4 rings (SSSR count). The molecule has 1 amide bonds. The molecule has 0 radical (unpaired) electrons. The summed E-state index contributed by atoms with van der Waals surface area (Å²) in [6.07, 6.45) is 0. The third-order valence-corrected chi connectivity index (χ3v) is 4.59. The van der Waals surface area contributed by atoms with Crippen molar-refractivity contribution in [1.29, 1.82) is 0 Å². The molecule has 0 bridgehead atoms. The van der Waals surface area contributed by atoms with Crippen molar-refractivity contribution < 1.29 is 4.79 Å². The summed E-state index contributed by atoms with van der Waals surface area (Å²) >= 11 is 0. The average molecular weight is 409 g/mol. The van der Waals surface area contributed by atoms with E-state index in [-0.39, 0.29) is 5.91 Å². The predicted octanol–water partition coefficient (Wildman–Crippen LogP) is 5.83. The van der Waals surface area contributed by atoms with Gasteiger partial charge in [-0.2, -0.15) is 0 Å². The number of anilines is 5. The lowest BCUT2D eigenvalue weighted by Gasteiger charge is -2.10. The molecule has 1 heterocycles. The van der Waals surface area contributed by atoms with Gasteiger partial charge in [0.25, 0.3) is 5.91 Å². The number of nitrogens with zero attached hydrogens (tertiary/aromatic N) is 2. The van der Waals surface area contributed by atoms with Gasteiger partial charge in [0.05, 0.1) is 0 Å². The molecule has 0 aliphatic rings. The van der Waals surface area contributed by atoms with E-state index >= 15 is 0 Å². The fourth-order valence-corrected chi connectivity index (χ4v) is 3.14. The minimum absolute atomic E-state index is 0.169. The summed E-state index contributed by atoms with van der Waals surface area (Å²) < 4.78 is 0. The van der Waals surface area contributed by atoms with E-state index < -0.39 is 0 Å². The zero-order chi connectivity index (χ0) is 21.6. The number of rotatable bonds is 6. The number of amides is 1. The number of hydrogen-bond acceptors (Lipinski definition) is 5. The van der Waals surface area contributed by atoms with Crippen molar-refractivity contribution in [2.75, 3.05) is 16.0 Å². The summed E-state index contributed by atoms with van der Waals surface area (Å²) in [6, 6.07) is 26.7. The Labute approximate surface area is 181 Å². The minimum Gasteiger partial charge on any atom is -0.356 e. The highest BCUT2D eigenvalue weighted by Gasteiger charge is 2.07. The van der Waals surface area contributed by atoms with Gasteiger partial charge in [-0.15, -0.1) is 0 Å².